The summed E-state index contributed by atoms with van der Waals surface area (Å²) in [7, 11) is -3.28. The van der Waals surface area contributed by atoms with Crippen molar-refractivity contribution in [2.75, 3.05) is 18.1 Å². The Bertz CT molecular complexity index is 685. The smallest absolute Gasteiger partial charge is 0.179 e. The van der Waals surface area contributed by atoms with Gasteiger partial charge in [-0.2, -0.15) is 0 Å². The summed E-state index contributed by atoms with van der Waals surface area (Å²) < 4.78 is 23.3. The molecule has 6 heteroatoms. The number of hydrogen-bond acceptors (Lipinski definition) is 4. The van der Waals surface area contributed by atoms with Crippen LogP contribution in [-0.2, 0) is 16.3 Å². The molecule has 1 N–H and O–H groups in total. The van der Waals surface area contributed by atoms with Crippen LogP contribution in [0.4, 0.5) is 5.82 Å². The number of aromatic nitrogens is 1. The summed E-state index contributed by atoms with van der Waals surface area (Å²) in [5.41, 5.74) is 1.12. The van der Waals surface area contributed by atoms with Gasteiger partial charge >= 0.3 is 0 Å². The average molecular weight is 311 g/mol. The summed E-state index contributed by atoms with van der Waals surface area (Å²) in [6.45, 7) is 0.598. The first-order valence-electron chi connectivity index (χ1n) is 6.10. The van der Waals surface area contributed by atoms with Gasteiger partial charge in [0.05, 0.1) is 0 Å². The monoisotopic (exact) mass is 310 g/mol. The number of hydrogen-bond donors (Lipinski definition) is 1. The fraction of sp³-hybridized carbons (Fsp3) is 0.214. The summed E-state index contributed by atoms with van der Waals surface area (Å²) in [4.78, 5) is 4.30. The highest BCUT2D eigenvalue weighted by atomic mass is 35.5. The predicted molar refractivity (Wildman–Crippen MR) is 81.0 cm³/mol. The van der Waals surface area contributed by atoms with E-state index in [1.54, 1.807) is 18.3 Å². The van der Waals surface area contributed by atoms with Crippen molar-refractivity contribution >= 4 is 27.3 Å². The minimum absolute atomic E-state index is 0.219. The van der Waals surface area contributed by atoms with E-state index in [4.69, 9.17) is 11.6 Å². The van der Waals surface area contributed by atoms with Gasteiger partial charge in [-0.05, 0) is 36.2 Å². The molecule has 0 atom stereocenters. The SMILES string of the molecule is CS(=O)(=O)c1cccnc1NCCc1ccc(Cl)cc1. The van der Waals surface area contributed by atoms with Gasteiger partial charge in [0.2, 0.25) is 0 Å². The average Bonchev–Trinajstić information content (AvgIpc) is 2.40. The molecule has 1 heterocycles. The maximum atomic E-state index is 11.6. The van der Waals surface area contributed by atoms with Gasteiger partial charge < -0.3 is 5.32 Å². The Labute approximate surface area is 123 Å². The highest BCUT2D eigenvalue weighted by Crippen LogP contribution is 2.17. The van der Waals surface area contributed by atoms with Crippen molar-refractivity contribution in [2.24, 2.45) is 0 Å². The van der Waals surface area contributed by atoms with E-state index >= 15 is 0 Å². The standard InChI is InChI=1S/C14H15ClN2O2S/c1-20(18,19)13-3-2-9-16-14(13)17-10-8-11-4-6-12(15)7-5-11/h2-7,9H,8,10H2,1H3,(H,16,17). The Morgan fingerprint density at radius 1 is 1.20 bits per heavy atom. The Kier molecular flexibility index (Phi) is 4.62. The first-order chi connectivity index (χ1) is 9.47. The second kappa shape index (κ2) is 6.24. The molecule has 1 aromatic carbocycles. The van der Waals surface area contributed by atoms with Gasteiger partial charge in [0, 0.05) is 24.0 Å². The molecule has 0 bridgehead atoms. The van der Waals surface area contributed by atoms with Crippen LogP contribution in [0.2, 0.25) is 5.02 Å². The van der Waals surface area contributed by atoms with E-state index in [-0.39, 0.29) is 4.90 Å². The van der Waals surface area contributed by atoms with E-state index in [1.165, 1.54) is 6.26 Å². The lowest BCUT2D eigenvalue weighted by Crippen LogP contribution is -2.10. The molecule has 0 radical (unpaired) electrons. The largest absolute Gasteiger partial charge is 0.369 e. The zero-order valence-electron chi connectivity index (χ0n) is 11.0. The Balaban J connectivity index is 2.03. The molecule has 2 rings (SSSR count). The van der Waals surface area contributed by atoms with Crippen molar-refractivity contribution < 1.29 is 8.42 Å². The first kappa shape index (κ1) is 14.8. The van der Waals surface area contributed by atoms with E-state index in [2.05, 4.69) is 10.3 Å². The van der Waals surface area contributed by atoms with E-state index in [1.807, 2.05) is 24.3 Å². The van der Waals surface area contributed by atoms with Crippen LogP contribution in [0.1, 0.15) is 5.56 Å². The van der Waals surface area contributed by atoms with Crippen molar-refractivity contribution in [3.8, 4) is 0 Å². The molecule has 0 fully saturated rings. The maximum absolute atomic E-state index is 11.6. The number of rotatable bonds is 5. The van der Waals surface area contributed by atoms with Crippen molar-refractivity contribution in [1.82, 2.24) is 4.98 Å². The van der Waals surface area contributed by atoms with Gasteiger partial charge in [0.15, 0.2) is 9.84 Å². The zero-order chi connectivity index (χ0) is 14.6. The summed E-state index contributed by atoms with van der Waals surface area (Å²) in [5.74, 6) is 0.393. The topological polar surface area (TPSA) is 59.1 Å². The quantitative estimate of drug-likeness (QED) is 0.922. The molecule has 0 saturated heterocycles. The van der Waals surface area contributed by atoms with E-state index in [0.29, 0.717) is 17.4 Å². The maximum Gasteiger partial charge on any atom is 0.179 e. The van der Waals surface area contributed by atoms with Crippen molar-refractivity contribution in [3.05, 3.63) is 53.2 Å². The molecule has 0 spiro atoms. The van der Waals surface area contributed by atoms with Crippen LogP contribution in [0.25, 0.3) is 0 Å². The van der Waals surface area contributed by atoms with Gasteiger partial charge in [-0.15, -0.1) is 0 Å². The number of pyridine rings is 1. The lowest BCUT2D eigenvalue weighted by atomic mass is 10.1. The molecule has 0 aliphatic rings. The summed E-state index contributed by atoms with van der Waals surface area (Å²) >= 11 is 5.82. The zero-order valence-corrected chi connectivity index (χ0v) is 12.6. The van der Waals surface area contributed by atoms with E-state index < -0.39 is 9.84 Å². The number of halogens is 1. The van der Waals surface area contributed by atoms with Crippen LogP contribution < -0.4 is 5.32 Å². The molecule has 0 saturated carbocycles. The fourth-order valence-electron chi connectivity index (χ4n) is 1.80. The third-order valence-electron chi connectivity index (χ3n) is 2.79. The molecule has 106 valence electrons. The summed E-state index contributed by atoms with van der Waals surface area (Å²) in [6, 6.07) is 10.7. The molecule has 0 aliphatic carbocycles. The molecular formula is C14H15ClN2O2S. The van der Waals surface area contributed by atoms with Crippen molar-refractivity contribution in [3.63, 3.8) is 0 Å². The van der Waals surface area contributed by atoms with Crippen LogP contribution in [0.15, 0.2) is 47.5 Å². The van der Waals surface area contributed by atoms with Gasteiger partial charge in [0.1, 0.15) is 10.7 Å². The highest BCUT2D eigenvalue weighted by Gasteiger charge is 2.13. The van der Waals surface area contributed by atoms with Crippen molar-refractivity contribution in [1.29, 1.82) is 0 Å². The van der Waals surface area contributed by atoms with Crippen LogP contribution in [0, 0.1) is 0 Å². The van der Waals surface area contributed by atoms with Crippen molar-refractivity contribution in [2.45, 2.75) is 11.3 Å². The molecule has 20 heavy (non-hydrogen) atoms. The second-order valence-electron chi connectivity index (χ2n) is 4.43. The number of nitrogens with zero attached hydrogens (tertiary/aromatic N) is 1. The summed E-state index contributed by atoms with van der Waals surface area (Å²) in [6.07, 6.45) is 3.50. The molecule has 0 aliphatic heterocycles. The number of sulfone groups is 1. The fourth-order valence-corrected chi connectivity index (χ4v) is 2.73. The van der Waals surface area contributed by atoms with Gasteiger partial charge in [0.25, 0.3) is 0 Å². The first-order valence-corrected chi connectivity index (χ1v) is 8.37. The molecule has 4 nitrogen and oxygen atoms in total. The Hall–Kier alpha value is -1.59. The molecule has 0 unspecified atom stereocenters. The van der Waals surface area contributed by atoms with Crippen LogP contribution in [0.5, 0.6) is 0 Å². The normalized spacial score (nSPS) is 11.3. The lowest BCUT2D eigenvalue weighted by Gasteiger charge is -2.09. The number of benzene rings is 1. The third-order valence-corrected chi connectivity index (χ3v) is 4.17. The molecule has 1 aromatic heterocycles. The lowest BCUT2D eigenvalue weighted by molar-refractivity contribution is 0.602. The van der Waals surface area contributed by atoms with E-state index in [9.17, 15) is 8.42 Å². The van der Waals surface area contributed by atoms with Gasteiger partial charge in [-0.25, -0.2) is 13.4 Å². The number of anilines is 1. The minimum atomic E-state index is -3.28. The van der Waals surface area contributed by atoms with Crippen LogP contribution in [0.3, 0.4) is 0 Å². The summed E-state index contributed by atoms with van der Waals surface area (Å²) in [5, 5.41) is 3.76. The number of nitrogens with one attached hydrogen (secondary N) is 1. The second-order valence-corrected chi connectivity index (χ2v) is 6.85. The molecular weight excluding hydrogens is 296 g/mol. The Morgan fingerprint density at radius 2 is 1.90 bits per heavy atom. The van der Waals surface area contributed by atoms with E-state index in [0.717, 1.165) is 12.0 Å². The van der Waals surface area contributed by atoms with Crippen LogP contribution >= 0.6 is 11.6 Å². The van der Waals surface area contributed by atoms with Crippen LogP contribution in [-0.4, -0.2) is 26.2 Å². The molecule has 0 amide bonds. The van der Waals surface area contributed by atoms with Gasteiger partial charge in [-0.1, -0.05) is 23.7 Å². The third kappa shape index (κ3) is 3.95. The Morgan fingerprint density at radius 3 is 2.55 bits per heavy atom. The van der Waals surface area contributed by atoms with Gasteiger partial charge in [-0.3, -0.25) is 0 Å². The minimum Gasteiger partial charge on any atom is -0.369 e. The highest BCUT2D eigenvalue weighted by molar-refractivity contribution is 7.90. The predicted octanol–water partition coefficient (Wildman–Crippen LogP) is 2.79. The molecule has 2 aromatic rings.